The lowest BCUT2D eigenvalue weighted by Crippen LogP contribution is -2.34. The second kappa shape index (κ2) is 18.9. The van der Waals surface area contributed by atoms with Gasteiger partial charge in [0, 0.05) is 38.0 Å². The molecule has 1 aliphatic rings. The summed E-state index contributed by atoms with van der Waals surface area (Å²) in [7, 11) is 3.95. The van der Waals surface area contributed by atoms with Gasteiger partial charge in [-0.3, -0.25) is 14.6 Å². The van der Waals surface area contributed by atoms with Gasteiger partial charge >= 0.3 is 0 Å². The minimum absolute atomic E-state index is 0.147. The van der Waals surface area contributed by atoms with Gasteiger partial charge < -0.3 is 20.5 Å². The molecule has 9 nitrogen and oxygen atoms in total. The van der Waals surface area contributed by atoms with Gasteiger partial charge in [0.1, 0.15) is 5.82 Å². The number of aliphatic imine (C=N–C) groups is 1. The third kappa shape index (κ3) is 13.3. The van der Waals surface area contributed by atoms with Gasteiger partial charge in [0.25, 0.3) is 5.56 Å². The van der Waals surface area contributed by atoms with Crippen LogP contribution in [0.5, 0.6) is 0 Å². The van der Waals surface area contributed by atoms with Crippen molar-refractivity contribution in [2.45, 2.75) is 73.6 Å². The third-order valence-corrected chi connectivity index (χ3v) is 7.25. The second-order valence-corrected chi connectivity index (χ2v) is 11.2. The Labute approximate surface area is 247 Å². The van der Waals surface area contributed by atoms with E-state index in [4.69, 9.17) is 5.73 Å². The first-order valence-corrected chi connectivity index (χ1v) is 14.8. The maximum Gasteiger partial charge on any atom is 0.291 e. The highest BCUT2D eigenvalue weighted by Crippen LogP contribution is 2.16. The number of anilines is 2. The van der Waals surface area contributed by atoms with E-state index < -0.39 is 0 Å². The highest BCUT2D eigenvalue weighted by molar-refractivity contribution is 5.91. The molecule has 228 valence electrons. The van der Waals surface area contributed by atoms with Gasteiger partial charge in [-0.2, -0.15) is 0 Å². The van der Waals surface area contributed by atoms with Gasteiger partial charge in [-0.1, -0.05) is 40.7 Å². The Bertz CT molecular complexity index is 1160. The molecule has 3 heterocycles. The highest BCUT2D eigenvalue weighted by atomic mass is 16.1. The van der Waals surface area contributed by atoms with Crippen molar-refractivity contribution in [2.24, 2.45) is 16.8 Å². The number of rotatable bonds is 10. The van der Waals surface area contributed by atoms with Crippen LogP contribution in [-0.4, -0.2) is 72.1 Å². The summed E-state index contributed by atoms with van der Waals surface area (Å²) in [6.45, 7) is 20.9. The number of hydrogen-bond donors (Lipinski definition) is 2. The number of pyridine rings is 1. The number of nitrogens with two attached hydrogens (primary N) is 1. The van der Waals surface area contributed by atoms with Gasteiger partial charge in [-0.15, -0.1) is 0 Å². The molecule has 1 aliphatic heterocycles. The van der Waals surface area contributed by atoms with E-state index in [9.17, 15) is 9.59 Å². The van der Waals surface area contributed by atoms with Crippen LogP contribution >= 0.6 is 0 Å². The summed E-state index contributed by atoms with van der Waals surface area (Å²) in [4.78, 5) is 42.5. The van der Waals surface area contributed by atoms with E-state index in [1.54, 1.807) is 25.4 Å². The number of carbonyl (C=O) groups is 1. The van der Waals surface area contributed by atoms with Crippen LogP contribution in [0.1, 0.15) is 88.5 Å². The fourth-order valence-corrected chi connectivity index (χ4v) is 4.17. The molecule has 0 radical (unpaired) electrons. The van der Waals surface area contributed by atoms with Crippen molar-refractivity contribution in [3.8, 4) is 0 Å². The Morgan fingerprint density at radius 2 is 1.98 bits per heavy atom. The molecule has 3 rings (SSSR count). The molecule has 3 N–H and O–H groups in total. The number of nitrogens with one attached hydrogen (secondary N) is 1. The first-order chi connectivity index (χ1) is 19.4. The van der Waals surface area contributed by atoms with Crippen molar-refractivity contribution in [1.29, 1.82) is 0 Å². The second-order valence-electron chi connectivity index (χ2n) is 11.2. The predicted octanol–water partition coefficient (Wildman–Crippen LogP) is 5.66. The SMILES string of the molecule is C=C(CC(C)=NC)c1cnc(N(CCC)CC(C)CC)c(=O)[nH]1.CC1CCN(C)CC1.Cc1ccc(C=O)c(N)n1. The lowest BCUT2D eigenvalue weighted by Gasteiger charge is -2.26. The molecular formula is C32H53N7O2. The zero-order chi connectivity index (χ0) is 30.9. The van der Waals surface area contributed by atoms with Gasteiger partial charge in [0.15, 0.2) is 12.1 Å². The van der Waals surface area contributed by atoms with Crippen LogP contribution < -0.4 is 16.2 Å². The van der Waals surface area contributed by atoms with E-state index in [0.717, 1.165) is 48.8 Å². The summed E-state index contributed by atoms with van der Waals surface area (Å²) in [5.41, 5.74) is 9.00. The summed E-state index contributed by atoms with van der Waals surface area (Å²) < 4.78 is 0. The number of aromatic amines is 1. The highest BCUT2D eigenvalue weighted by Gasteiger charge is 2.15. The fraction of sp³-hybridized carbons (Fsp3) is 0.594. The Morgan fingerprint density at radius 1 is 1.32 bits per heavy atom. The Morgan fingerprint density at radius 3 is 2.46 bits per heavy atom. The summed E-state index contributed by atoms with van der Waals surface area (Å²) in [6.07, 6.45) is 7.91. The van der Waals surface area contributed by atoms with Gasteiger partial charge in [-0.25, -0.2) is 9.97 Å². The normalized spacial score (nSPS) is 14.7. The van der Waals surface area contributed by atoms with Crippen LogP contribution in [0.25, 0.3) is 5.57 Å². The number of aryl methyl sites for hydroxylation is 1. The molecule has 0 aliphatic carbocycles. The van der Waals surface area contributed by atoms with Gasteiger partial charge in [0.2, 0.25) is 0 Å². The molecule has 2 aromatic rings. The molecule has 0 amide bonds. The maximum atomic E-state index is 12.5. The summed E-state index contributed by atoms with van der Waals surface area (Å²) in [5, 5.41) is 0. The van der Waals surface area contributed by atoms with E-state index in [2.05, 4.69) is 71.1 Å². The monoisotopic (exact) mass is 567 g/mol. The van der Waals surface area contributed by atoms with Crippen LogP contribution in [0.2, 0.25) is 0 Å². The molecule has 0 saturated carbocycles. The van der Waals surface area contributed by atoms with Crippen LogP contribution in [-0.2, 0) is 0 Å². The van der Waals surface area contributed by atoms with Gasteiger partial charge in [0.05, 0.1) is 17.5 Å². The number of nitrogens with zero attached hydrogens (tertiary/aromatic N) is 5. The van der Waals surface area contributed by atoms with Crippen LogP contribution in [0.3, 0.4) is 0 Å². The molecule has 1 unspecified atom stereocenters. The molecule has 0 aromatic carbocycles. The number of piperidine rings is 1. The fourth-order valence-electron chi connectivity index (χ4n) is 4.17. The van der Waals surface area contributed by atoms with E-state index in [-0.39, 0.29) is 5.56 Å². The van der Waals surface area contributed by atoms with E-state index >= 15 is 0 Å². The molecule has 1 fully saturated rings. The quantitative estimate of drug-likeness (QED) is 0.281. The van der Waals surface area contributed by atoms with Crippen molar-refractivity contribution in [2.75, 3.05) is 50.9 Å². The van der Waals surface area contributed by atoms with Crippen molar-refractivity contribution < 1.29 is 4.79 Å². The van der Waals surface area contributed by atoms with Crippen molar-refractivity contribution >= 4 is 29.2 Å². The Kier molecular flexibility index (Phi) is 16.5. The lowest BCUT2D eigenvalue weighted by atomic mass is 10.00. The maximum absolute atomic E-state index is 12.5. The third-order valence-electron chi connectivity index (χ3n) is 7.25. The average Bonchev–Trinajstić information content (AvgIpc) is 2.95. The summed E-state index contributed by atoms with van der Waals surface area (Å²) in [5.74, 6) is 2.31. The van der Waals surface area contributed by atoms with E-state index in [1.165, 1.54) is 25.9 Å². The van der Waals surface area contributed by atoms with Crippen molar-refractivity contribution in [3.63, 3.8) is 0 Å². The topological polar surface area (TPSA) is 121 Å². The largest absolute Gasteiger partial charge is 0.383 e. The number of aromatic nitrogens is 3. The van der Waals surface area contributed by atoms with E-state index in [1.807, 2.05) is 13.8 Å². The number of carbonyl (C=O) groups excluding carboxylic acids is 1. The molecule has 0 spiro atoms. The Hall–Kier alpha value is -3.33. The van der Waals surface area contributed by atoms with Crippen molar-refractivity contribution in [1.82, 2.24) is 19.9 Å². The minimum atomic E-state index is -0.147. The Balaban J connectivity index is 0.000000378. The molecule has 2 aromatic heterocycles. The number of allylic oxidation sites excluding steroid dienone is 1. The molecular weight excluding hydrogens is 514 g/mol. The van der Waals surface area contributed by atoms with Crippen molar-refractivity contribution in [3.05, 3.63) is 52.2 Å². The lowest BCUT2D eigenvalue weighted by molar-refractivity contribution is 0.112. The average molecular weight is 568 g/mol. The standard InChI is InChI=1S/C18H30N4O.C7H8N2O.C7H15N/c1-7-9-22(12-13(3)8-2)17-18(23)21-16(11-20-17)14(4)10-15(5)19-6;1-5-2-3-6(4-10)7(8)9-5;1-7-3-5-8(2)6-4-7/h11,13H,4,7-10,12H2,1-3,5-6H3,(H,21,23);2-4H,1H3,(H2,8,9);7H,3-6H2,1-2H3. The van der Waals surface area contributed by atoms with E-state index in [0.29, 0.717) is 41.5 Å². The number of likely N-dealkylation sites (tertiary alicyclic amines) is 1. The number of hydrogen-bond acceptors (Lipinski definition) is 8. The minimum Gasteiger partial charge on any atom is -0.383 e. The molecule has 41 heavy (non-hydrogen) atoms. The molecule has 1 atom stereocenters. The van der Waals surface area contributed by atoms with Crippen LogP contribution in [0.4, 0.5) is 11.6 Å². The first kappa shape index (κ1) is 35.7. The zero-order valence-corrected chi connectivity index (χ0v) is 26.7. The summed E-state index contributed by atoms with van der Waals surface area (Å²) in [6, 6.07) is 3.41. The summed E-state index contributed by atoms with van der Waals surface area (Å²) >= 11 is 0. The predicted molar refractivity (Wildman–Crippen MR) is 174 cm³/mol. The number of nitrogen functional groups attached to an aromatic ring is 1. The molecule has 1 saturated heterocycles. The smallest absolute Gasteiger partial charge is 0.291 e. The molecule has 0 bridgehead atoms. The zero-order valence-electron chi connectivity index (χ0n) is 26.7. The van der Waals surface area contributed by atoms with Crippen LogP contribution in [0, 0.1) is 18.8 Å². The number of aldehydes is 1. The molecule has 9 heteroatoms. The van der Waals surface area contributed by atoms with Crippen LogP contribution in [0.15, 0.2) is 34.7 Å². The number of H-pyrrole nitrogens is 1. The first-order valence-electron chi connectivity index (χ1n) is 14.8. The van der Waals surface area contributed by atoms with Gasteiger partial charge in [-0.05, 0) is 82.8 Å².